The van der Waals surface area contributed by atoms with Gasteiger partial charge in [0.2, 0.25) is 5.91 Å². The fraction of sp³-hybridized carbons (Fsp3) is 0.588. The maximum Gasteiger partial charge on any atom is 0.227 e. The molecule has 1 amide bonds. The lowest BCUT2D eigenvalue weighted by atomic mass is 10.1. The normalized spacial score (nSPS) is 18.5. The Morgan fingerprint density at radius 3 is 2.73 bits per heavy atom. The van der Waals surface area contributed by atoms with Crippen molar-refractivity contribution < 1.29 is 9.53 Å². The van der Waals surface area contributed by atoms with E-state index in [1.165, 1.54) is 5.56 Å². The zero-order valence-electron chi connectivity index (χ0n) is 13.5. The number of hydrogen-bond acceptors (Lipinski definition) is 3. The fourth-order valence-corrected chi connectivity index (χ4v) is 2.78. The summed E-state index contributed by atoms with van der Waals surface area (Å²) in [5.41, 5.74) is 1.17. The van der Waals surface area contributed by atoms with Gasteiger partial charge in [0.1, 0.15) is 0 Å². The Balaban J connectivity index is 0.00000242. The SMILES string of the molecule is CNCC(C)C(=O)N(Cc1ccccc1)CC1CCCO1.Cl. The molecule has 5 heteroatoms. The summed E-state index contributed by atoms with van der Waals surface area (Å²) in [6.45, 7) is 4.86. The number of nitrogens with one attached hydrogen (secondary N) is 1. The first-order valence-corrected chi connectivity index (χ1v) is 7.79. The molecule has 1 N–H and O–H groups in total. The van der Waals surface area contributed by atoms with E-state index in [1.807, 2.05) is 37.1 Å². The van der Waals surface area contributed by atoms with Crippen LogP contribution in [0.1, 0.15) is 25.3 Å². The average Bonchev–Trinajstić information content (AvgIpc) is 3.00. The van der Waals surface area contributed by atoms with Crippen molar-refractivity contribution in [3.8, 4) is 0 Å². The van der Waals surface area contributed by atoms with E-state index in [2.05, 4.69) is 17.4 Å². The van der Waals surface area contributed by atoms with Gasteiger partial charge in [0.05, 0.1) is 6.10 Å². The predicted molar refractivity (Wildman–Crippen MR) is 91.2 cm³/mol. The van der Waals surface area contributed by atoms with Gasteiger partial charge in [-0.05, 0) is 25.5 Å². The fourth-order valence-electron chi connectivity index (χ4n) is 2.78. The van der Waals surface area contributed by atoms with E-state index in [0.717, 1.165) is 19.4 Å². The highest BCUT2D eigenvalue weighted by atomic mass is 35.5. The summed E-state index contributed by atoms with van der Waals surface area (Å²) in [7, 11) is 1.88. The van der Waals surface area contributed by atoms with Gasteiger partial charge in [0, 0.05) is 32.2 Å². The molecule has 1 heterocycles. The third-order valence-electron chi connectivity index (χ3n) is 3.91. The second kappa shape index (κ2) is 9.82. The second-order valence-corrected chi connectivity index (χ2v) is 5.80. The third-order valence-corrected chi connectivity index (χ3v) is 3.91. The van der Waals surface area contributed by atoms with Crippen molar-refractivity contribution >= 4 is 18.3 Å². The summed E-state index contributed by atoms with van der Waals surface area (Å²) in [4.78, 5) is 14.6. The van der Waals surface area contributed by atoms with Crippen LogP contribution in [0.25, 0.3) is 0 Å². The molecule has 1 aromatic rings. The van der Waals surface area contributed by atoms with Gasteiger partial charge in [-0.1, -0.05) is 37.3 Å². The van der Waals surface area contributed by atoms with Crippen LogP contribution in [0.4, 0.5) is 0 Å². The lowest BCUT2D eigenvalue weighted by Crippen LogP contribution is -2.42. The molecule has 4 nitrogen and oxygen atoms in total. The summed E-state index contributed by atoms with van der Waals surface area (Å²) < 4.78 is 5.70. The van der Waals surface area contributed by atoms with Gasteiger partial charge in [0.25, 0.3) is 0 Å². The van der Waals surface area contributed by atoms with Crippen molar-refractivity contribution in [2.45, 2.75) is 32.4 Å². The molecular formula is C17H27ClN2O2. The molecule has 1 aromatic carbocycles. The zero-order chi connectivity index (χ0) is 15.1. The minimum absolute atomic E-state index is 0. The molecule has 1 aliphatic rings. The highest BCUT2D eigenvalue weighted by Crippen LogP contribution is 2.17. The first-order valence-electron chi connectivity index (χ1n) is 7.79. The molecule has 2 rings (SSSR count). The van der Waals surface area contributed by atoms with Gasteiger partial charge in [-0.25, -0.2) is 0 Å². The van der Waals surface area contributed by atoms with E-state index in [9.17, 15) is 4.79 Å². The Bertz CT molecular complexity index is 436. The molecule has 2 atom stereocenters. The van der Waals surface area contributed by atoms with Crippen LogP contribution in [0.3, 0.4) is 0 Å². The molecule has 0 radical (unpaired) electrons. The number of ether oxygens (including phenoxy) is 1. The number of hydrogen-bond donors (Lipinski definition) is 1. The van der Waals surface area contributed by atoms with Crippen LogP contribution in [-0.4, -0.2) is 43.7 Å². The monoisotopic (exact) mass is 326 g/mol. The van der Waals surface area contributed by atoms with Crippen LogP contribution in [0, 0.1) is 5.92 Å². The zero-order valence-corrected chi connectivity index (χ0v) is 14.3. The van der Waals surface area contributed by atoms with E-state index in [0.29, 0.717) is 19.6 Å². The Morgan fingerprint density at radius 2 is 2.14 bits per heavy atom. The second-order valence-electron chi connectivity index (χ2n) is 5.80. The van der Waals surface area contributed by atoms with Gasteiger partial charge < -0.3 is 15.0 Å². The Labute approximate surface area is 139 Å². The molecule has 0 aromatic heterocycles. The van der Waals surface area contributed by atoms with Gasteiger partial charge >= 0.3 is 0 Å². The quantitative estimate of drug-likeness (QED) is 0.837. The topological polar surface area (TPSA) is 41.6 Å². The number of carbonyl (C=O) groups is 1. The minimum Gasteiger partial charge on any atom is -0.376 e. The van der Waals surface area contributed by atoms with Crippen LogP contribution < -0.4 is 5.32 Å². The molecule has 1 aliphatic heterocycles. The lowest BCUT2D eigenvalue weighted by Gasteiger charge is -2.28. The standard InChI is InChI=1S/C17H26N2O2.ClH/c1-14(11-18-2)17(20)19(13-16-9-6-10-21-16)12-15-7-4-3-5-8-15;/h3-5,7-8,14,16,18H,6,9-13H2,1-2H3;1H. The number of halogens is 1. The molecule has 0 spiro atoms. The average molecular weight is 327 g/mol. The van der Waals surface area contributed by atoms with Crippen molar-refractivity contribution in [1.29, 1.82) is 0 Å². The number of rotatable bonds is 7. The first kappa shape index (κ1) is 18.9. The molecule has 1 saturated heterocycles. The summed E-state index contributed by atoms with van der Waals surface area (Å²) in [6.07, 6.45) is 2.35. The number of carbonyl (C=O) groups excluding carboxylic acids is 1. The molecular weight excluding hydrogens is 300 g/mol. The molecule has 0 aliphatic carbocycles. The third kappa shape index (κ3) is 5.59. The Hall–Kier alpha value is -1.10. The van der Waals surface area contributed by atoms with Gasteiger partial charge in [-0.15, -0.1) is 12.4 Å². The number of benzene rings is 1. The van der Waals surface area contributed by atoms with E-state index < -0.39 is 0 Å². The van der Waals surface area contributed by atoms with E-state index in [1.54, 1.807) is 0 Å². The summed E-state index contributed by atoms with van der Waals surface area (Å²) in [6, 6.07) is 10.2. The summed E-state index contributed by atoms with van der Waals surface area (Å²) in [5.74, 6) is 0.184. The maximum atomic E-state index is 12.7. The number of nitrogens with zero attached hydrogens (tertiary/aromatic N) is 1. The van der Waals surface area contributed by atoms with Crippen molar-refractivity contribution in [2.24, 2.45) is 5.92 Å². The lowest BCUT2D eigenvalue weighted by molar-refractivity contribution is -0.137. The Kier molecular flexibility index (Phi) is 8.46. The highest BCUT2D eigenvalue weighted by Gasteiger charge is 2.25. The highest BCUT2D eigenvalue weighted by molar-refractivity contribution is 5.85. The van der Waals surface area contributed by atoms with Crippen molar-refractivity contribution in [1.82, 2.24) is 10.2 Å². The first-order chi connectivity index (χ1) is 10.2. The maximum absolute atomic E-state index is 12.7. The number of amides is 1. The predicted octanol–water partition coefficient (Wildman–Crippen LogP) is 2.47. The van der Waals surface area contributed by atoms with Crippen LogP contribution in [0.2, 0.25) is 0 Å². The smallest absolute Gasteiger partial charge is 0.227 e. The van der Waals surface area contributed by atoms with E-state index >= 15 is 0 Å². The van der Waals surface area contributed by atoms with Gasteiger partial charge in [-0.3, -0.25) is 4.79 Å². The summed E-state index contributed by atoms with van der Waals surface area (Å²) in [5, 5.41) is 3.08. The van der Waals surface area contributed by atoms with Crippen molar-refractivity contribution in [2.75, 3.05) is 26.7 Å². The van der Waals surface area contributed by atoms with E-state index in [4.69, 9.17) is 4.74 Å². The van der Waals surface area contributed by atoms with Crippen LogP contribution >= 0.6 is 12.4 Å². The molecule has 0 bridgehead atoms. The van der Waals surface area contributed by atoms with Crippen molar-refractivity contribution in [3.63, 3.8) is 0 Å². The molecule has 1 fully saturated rings. The molecule has 0 saturated carbocycles. The van der Waals surface area contributed by atoms with Gasteiger partial charge in [-0.2, -0.15) is 0 Å². The summed E-state index contributed by atoms with van der Waals surface area (Å²) >= 11 is 0. The molecule has 2 unspecified atom stereocenters. The molecule has 124 valence electrons. The van der Waals surface area contributed by atoms with E-state index in [-0.39, 0.29) is 30.3 Å². The van der Waals surface area contributed by atoms with Crippen LogP contribution in [0.15, 0.2) is 30.3 Å². The largest absolute Gasteiger partial charge is 0.376 e. The van der Waals surface area contributed by atoms with Crippen LogP contribution in [-0.2, 0) is 16.1 Å². The van der Waals surface area contributed by atoms with Crippen LogP contribution in [0.5, 0.6) is 0 Å². The van der Waals surface area contributed by atoms with Gasteiger partial charge in [0.15, 0.2) is 0 Å². The van der Waals surface area contributed by atoms with Crippen molar-refractivity contribution in [3.05, 3.63) is 35.9 Å². The molecule has 22 heavy (non-hydrogen) atoms. The Morgan fingerprint density at radius 1 is 1.41 bits per heavy atom. The minimum atomic E-state index is -0.0138.